The lowest BCUT2D eigenvalue weighted by Crippen LogP contribution is -2.57. The Morgan fingerprint density at radius 1 is 0.544 bits per heavy atom. The summed E-state index contributed by atoms with van der Waals surface area (Å²) in [6.45, 7) is 27.7. The lowest BCUT2D eigenvalue weighted by Gasteiger charge is -2.40. The Balaban J connectivity index is 0.000000216. The largest absolute Gasteiger partial charge is 0.467 e. The van der Waals surface area contributed by atoms with E-state index >= 15 is 0 Å². The molecule has 3 saturated heterocycles. The molecule has 3 heterocycles. The van der Waals surface area contributed by atoms with Crippen LogP contribution in [0, 0.1) is 67.0 Å². The van der Waals surface area contributed by atoms with E-state index in [-0.39, 0.29) is 110 Å². The van der Waals surface area contributed by atoms with Crippen LogP contribution in [-0.2, 0) is 43.0 Å². The number of carbonyl (C=O) groups is 7. The minimum absolute atomic E-state index is 0.00841. The average Bonchev–Trinajstić information content (AvgIpc) is 3.96. The van der Waals surface area contributed by atoms with Crippen LogP contribution in [0.15, 0.2) is 0 Å². The second-order valence-electron chi connectivity index (χ2n) is 30.5. The highest BCUT2D eigenvalue weighted by Gasteiger charge is 2.86. The van der Waals surface area contributed by atoms with E-state index in [1.807, 2.05) is 41.5 Å². The molecule has 4 spiro atoms. The van der Waals surface area contributed by atoms with Gasteiger partial charge in [-0.15, -0.1) is 0 Å². The summed E-state index contributed by atoms with van der Waals surface area (Å²) < 4.78 is 10.4. The molecule has 14 heteroatoms. The van der Waals surface area contributed by atoms with Gasteiger partial charge in [0.25, 0.3) is 0 Å². The monoisotopic (exact) mass is 1100 g/mol. The van der Waals surface area contributed by atoms with Gasteiger partial charge in [0.05, 0.1) is 32.3 Å². The molecule has 9 aliphatic rings. The number of amides is 3. The van der Waals surface area contributed by atoms with Crippen LogP contribution in [0.2, 0.25) is 0 Å². The van der Waals surface area contributed by atoms with Gasteiger partial charge in [-0.3, -0.25) is 28.9 Å². The molecule has 3 N–H and O–H groups in total. The quantitative estimate of drug-likeness (QED) is 0.149. The number of nitrogens with zero attached hydrogens (tertiary/aromatic N) is 3. The highest BCUT2D eigenvalue weighted by Crippen LogP contribution is 2.89. The lowest BCUT2D eigenvalue weighted by molar-refractivity contribution is -0.154. The zero-order chi connectivity index (χ0) is 58.1. The molecule has 9 fully saturated rings. The maximum Gasteiger partial charge on any atom is 0.328 e. The fourth-order valence-electron chi connectivity index (χ4n) is 18.7. The third-order valence-electron chi connectivity index (χ3n) is 24.4. The molecule has 0 aromatic rings. The fourth-order valence-corrected chi connectivity index (χ4v) is 18.7. The molecule has 6 saturated carbocycles. The summed E-state index contributed by atoms with van der Waals surface area (Å²) in [5.41, 5.74) is 5.99. The molecule has 9 rings (SSSR count). The van der Waals surface area contributed by atoms with E-state index in [4.69, 9.17) is 15.2 Å². The number of nitrogens with one attached hydrogen (secondary N) is 1. The Bertz CT molecular complexity index is 2290. The van der Waals surface area contributed by atoms with Gasteiger partial charge in [-0.05, 0) is 142 Å². The number of Topliss-reactive ketones (excluding diaryl/α,β-unsaturated/α-hetero) is 2. The number of ketones is 2. The highest BCUT2D eigenvalue weighted by molar-refractivity contribution is 5.96. The number of fused-ring (bicyclic) bond motifs is 2. The summed E-state index contributed by atoms with van der Waals surface area (Å²) in [4.78, 5) is 102. The average molecular weight is 1100 g/mol. The zero-order valence-electron chi connectivity index (χ0n) is 51.8. The molecular formula is C65H107N5O9. The molecule has 0 aromatic heterocycles. The predicted molar refractivity (Wildman–Crippen MR) is 307 cm³/mol. The van der Waals surface area contributed by atoms with Crippen molar-refractivity contribution in [3.8, 4) is 0 Å². The van der Waals surface area contributed by atoms with Crippen molar-refractivity contribution in [1.29, 1.82) is 0 Å². The summed E-state index contributed by atoms with van der Waals surface area (Å²) >= 11 is 0. The maximum atomic E-state index is 14.7. The maximum absolute atomic E-state index is 14.7. The number of methoxy groups -OCH3 is 2. The zero-order valence-corrected chi connectivity index (χ0v) is 51.8. The third-order valence-corrected chi connectivity index (χ3v) is 24.4. The van der Waals surface area contributed by atoms with Crippen molar-refractivity contribution in [3.05, 3.63) is 0 Å². The number of rotatable bonds is 15. The van der Waals surface area contributed by atoms with E-state index < -0.39 is 46.8 Å². The molecule has 9 atom stereocenters. The molecular weight excluding hydrogens is 995 g/mol. The summed E-state index contributed by atoms with van der Waals surface area (Å²) in [6, 6.07) is -2.24. The van der Waals surface area contributed by atoms with Crippen LogP contribution in [0.1, 0.15) is 231 Å². The van der Waals surface area contributed by atoms with Gasteiger partial charge in [0, 0.05) is 54.6 Å². The Kier molecular flexibility index (Phi) is 17.7. The molecule has 0 bridgehead atoms. The van der Waals surface area contributed by atoms with Crippen molar-refractivity contribution in [2.75, 3.05) is 33.9 Å². The van der Waals surface area contributed by atoms with Crippen molar-refractivity contribution in [3.63, 3.8) is 0 Å². The molecule has 3 amide bonds. The second kappa shape index (κ2) is 22.6. The van der Waals surface area contributed by atoms with Crippen LogP contribution in [-0.4, -0.2) is 126 Å². The molecule has 6 aliphatic carbocycles. The number of ether oxygens (including phenoxy) is 2. The number of hydrogen-bond acceptors (Lipinski definition) is 11. The Hall–Kier alpha value is -3.39. The van der Waals surface area contributed by atoms with Crippen LogP contribution >= 0.6 is 0 Å². The van der Waals surface area contributed by atoms with Crippen LogP contribution in [0.4, 0.5) is 0 Å². The van der Waals surface area contributed by atoms with Gasteiger partial charge >= 0.3 is 11.9 Å². The first-order valence-corrected chi connectivity index (χ1v) is 31.6. The van der Waals surface area contributed by atoms with Crippen molar-refractivity contribution < 1.29 is 43.0 Å². The van der Waals surface area contributed by atoms with Crippen molar-refractivity contribution >= 4 is 41.2 Å². The van der Waals surface area contributed by atoms with Gasteiger partial charge in [0.15, 0.2) is 11.6 Å². The molecule has 0 aromatic carbocycles. The van der Waals surface area contributed by atoms with E-state index in [2.05, 4.69) is 51.8 Å². The molecule has 3 aliphatic heterocycles. The summed E-state index contributed by atoms with van der Waals surface area (Å²) in [5.74, 6) is -1.77. The molecule has 14 nitrogen and oxygen atoms in total. The standard InChI is InChI=1S/C37H61N3O5.C28H46N2O4/c1-24(2)39-20-13-12-17-27(39)31(42)38-30(25-15-10-9-11-16-25)29(41)21-26(34(3,4)5)32(43)40-23-37(22-28(40)33(44)45-8)35(6,7)36(37)18-14-19-36;1-25(2,3)19(15-21(31)22(29)18-11-8-7-9-12-18)23(32)30-17-28(16-20(30)24(33)34-6)26(4,5)27(28)13-10-14-27/h24-28,30H,9-23H2,1-8H3,(H,38,42);18-20,22H,7-17,29H2,1-6H3/t26-,27+,28+,30+,37-;19-,20+,22+,28-/m11/s1. The second-order valence-corrected chi connectivity index (χ2v) is 30.5. The van der Waals surface area contributed by atoms with Gasteiger partial charge in [-0.1, -0.05) is 127 Å². The van der Waals surface area contributed by atoms with Gasteiger partial charge in [-0.25, -0.2) is 9.59 Å². The molecule has 0 radical (unpaired) electrons. The Morgan fingerprint density at radius 3 is 1.32 bits per heavy atom. The molecule has 0 unspecified atom stereocenters. The van der Waals surface area contributed by atoms with E-state index in [1.165, 1.54) is 46.3 Å². The van der Waals surface area contributed by atoms with Gasteiger partial charge in [0.1, 0.15) is 12.1 Å². The smallest absolute Gasteiger partial charge is 0.328 e. The summed E-state index contributed by atoms with van der Waals surface area (Å²) in [7, 11) is 2.81. The third kappa shape index (κ3) is 10.5. The SMILES string of the molecule is COC(=O)[C@@H]1C[C@@]2(CN1C(=O)[C@@H](CC(=O)[C@@H](N)C1CCCCC1)C(C)(C)C)C(C)(C)C21CCC1.COC(=O)[C@@H]1C[C@@]2(CN1C(=O)[C@@H](CC(=O)[C@@H](NC(=O)[C@@H]1CCCCN1C(C)C)C1CCCCC1)C(C)(C)C)C(C)(C)C21CCC1. The minimum atomic E-state index is -0.621. The first kappa shape index (κ1) is 61.7. The number of carbonyl (C=O) groups excluding carboxylic acids is 7. The van der Waals surface area contributed by atoms with Crippen LogP contribution in [0.3, 0.4) is 0 Å². The lowest BCUT2D eigenvalue weighted by atomic mass is 9.73. The van der Waals surface area contributed by atoms with Crippen molar-refractivity contribution in [2.45, 2.75) is 267 Å². The number of nitrogens with two attached hydrogens (primary N) is 1. The topological polar surface area (TPSA) is 186 Å². The predicted octanol–water partition coefficient (Wildman–Crippen LogP) is 10.4. The van der Waals surface area contributed by atoms with Gasteiger partial charge in [-0.2, -0.15) is 0 Å². The van der Waals surface area contributed by atoms with Crippen molar-refractivity contribution in [2.24, 2.45) is 72.7 Å². The van der Waals surface area contributed by atoms with E-state index in [9.17, 15) is 33.6 Å². The normalized spacial score (nSPS) is 31.3. The number of hydrogen-bond donors (Lipinski definition) is 2. The molecule has 446 valence electrons. The summed E-state index contributed by atoms with van der Waals surface area (Å²) in [6.07, 6.45) is 22.1. The van der Waals surface area contributed by atoms with Crippen molar-refractivity contribution in [1.82, 2.24) is 20.0 Å². The first-order valence-electron chi connectivity index (χ1n) is 31.6. The summed E-state index contributed by atoms with van der Waals surface area (Å²) in [5, 5.41) is 3.27. The number of esters is 2. The van der Waals surface area contributed by atoms with Crippen LogP contribution in [0.5, 0.6) is 0 Å². The van der Waals surface area contributed by atoms with Gasteiger partial charge < -0.3 is 30.3 Å². The van der Waals surface area contributed by atoms with Gasteiger partial charge in [0.2, 0.25) is 17.7 Å². The first-order chi connectivity index (χ1) is 36.9. The fraction of sp³-hybridized carbons (Fsp3) is 0.892. The highest BCUT2D eigenvalue weighted by atomic mass is 16.5. The van der Waals surface area contributed by atoms with Crippen LogP contribution < -0.4 is 11.1 Å². The Labute approximate surface area is 476 Å². The van der Waals surface area contributed by atoms with Crippen LogP contribution in [0.25, 0.3) is 0 Å². The van der Waals surface area contributed by atoms with E-state index in [0.717, 1.165) is 96.4 Å². The Morgan fingerprint density at radius 2 is 0.949 bits per heavy atom. The molecule has 79 heavy (non-hydrogen) atoms. The number of likely N-dealkylation sites (tertiary alicyclic amines) is 3. The van der Waals surface area contributed by atoms with E-state index in [0.29, 0.717) is 25.9 Å². The number of piperidine rings is 1. The minimum Gasteiger partial charge on any atom is -0.467 e. The van der Waals surface area contributed by atoms with E-state index in [1.54, 1.807) is 9.80 Å².